The summed E-state index contributed by atoms with van der Waals surface area (Å²) in [6.07, 6.45) is 0.450. The molecule has 1 unspecified atom stereocenters. The Hall–Kier alpha value is -0.320. The Morgan fingerprint density at radius 3 is 2.71 bits per heavy atom. The molecule has 2 rings (SSSR count). The van der Waals surface area contributed by atoms with Gasteiger partial charge in [0.25, 0.3) is 0 Å². The number of nitrogens with zero attached hydrogens (tertiary/aromatic N) is 1. The van der Waals surface area contributed by atoms with Crippen LogP contribution < -0.4 is 4.90 Å². The Labute approximate surface area is 117 Å². The Balaban J connectivity index is 2.35. The molecule has 2 nitrogen and oxygen atoms in total. The molecule has 1 aliphatic rings. The van der Waals surface area contributed by atoms with E-state index < -0.39 is 5.82 Å². The Morgan fingerprint density at radius 1 is 1.41 bits per heavy atom. The van der Waals surface area contributed by atoms with Gasteiger partial charge in [-0.15, -0.1) is 0 Å². The molecule has 0 radical (unpaired) electrons. The van der Waals surface area contributed by atoms with Gasteiger partial charge in [-0.1, -0.05) is 39.1 Å². The third-order valence-electron chi connectivity index (χ3n) is 2.70. The molecule has 1 aromatic carbocycles. The van der Waals surface area contributed by atoms with Crippen LogP contribution in [0, 0.1) is 11.7 Å². The number of carbonyl (C=O) groups excluding carboxylic acids is 1. The number of alkyl halides is 1. The van der Waals surface area contributed by atoms with E-state index in [2.05, 4.69) is 15.9 Å². The molecule has 92 valence electrons. The third-order valence-corrected chi connectivity index (χ3v) is 4.21. The van der Waals surface area contributed by atoms with Crippen LogP contribution in [-0.2, 0) is 4.79 Å². The Bertz CT molecular complexity index is 469. The molecule has 0 bridgehead atoms. The number of anilines is 1. The minimum absolute atomic E-state index is 0.0394. The van der Waals surface area contributed by atoms with E-state index in [-0.39, 0.29) is 16.8 Å². The minimum Gasteiger partial charge on any atom is -0.311 e. The van der Waals surface area contributed by atoms with E-state index in [9.17, 15) is 9.18 Å². The van der Waals surface area contributed by atoms with Gasteiger partial charge in [0.15, 0.2) is 0 Å². The molecule has 1 atom stereocenters. The first-order chi connectivity index (χ1) is 8.02. The van der Waals surface area contributed by atoms with Gasteiger partial charge in [0.2, 0.25) is 5.91 Å². The van der Waals surface area contributed by atoms with Crippen molar-refractivity contribution in [3.8, 4) is 0 Å². The molecule has 1 heterocycles. The molecule has 1 saturated heterocycles. The summed E-state index contributed by atoms with van der Waals surface area (Å²) in [6.45, 7) is 0.547. The van der Waals surface area contributed by atoms with Crippen LogP contribution in [0.4, 0.5) is 10.1 Å². The molecular weight excluding hydrogens is 332 g/mol. The molecule has 0 saturated carbocycles. The Kier molecular flexibility index (Phi) is 3.95. The minimum atomic E-state index is -0.568. The monoisotopic (exact) mass is 339 g/mol. The van der Waals surface area contributed by atoms with E-state index in [1.165, 1.54) is 17.0 Å². The van der Waals surface area contributed by atoms with Gasteiger partial charge in [0, 0.05) is 24.4 Å². The third kappa shape index (κ3) is 2.59. The summed E-state index contributed by atoms with van der Waals surface area (Å²) in [6, 6.07) is 2.53. The first kappa shape index (κ1) is 13.1. The van der Waals surface area contributed by atoms with E-state index in [0.29, 0.717) is 23.7 Å². The quantitative estimate of drug-likeness (QED) is 0.591. The molecule has 0 aromatic heterocycles. The maximum absolute atomic E-state index is 13.4. The molecule has 17 heavy (non-hydrogen) atoms. The van der Waals surface area contributed by atoms with E-state index in [1.807, 2.05) is 0 Å². The van der Waals surface area contributed by atoms with Crippen LogP contribution in [0.1, 0.15) is 6.42 Å². The Morgan fingerprint density at radius 2 is 2.12 bits per heavy atom. The number of rotatable bonds is 2. The second-order valence-electron chi connectivity index (χ2n) is 3.95. The average Bonchev–Trinajstić information content (AvgIpc) is 2.65. The van der Waals surface area contributed by atoms with E-state index in [0.717, 1.165) is 5.33 Å². The summed E-state index contributed by atoms with van der Waals surface area (Å²) in [4.78, 5) is 13.3. The van der Waals surface area contributed by atoms with Gasteiger partial charge in [0.05, 0.1) is 15.7 Å². The van der Waals surface area contributed by atoms with Crippen molar-refractivity contribution in [2.75, 3.05) is 16.8 Å². The van der Waals surface area contributed by atoms with Crippen LogP contribution >= 0.6 is 39.1 Å². The van der Waals surface area contributed by atoms with Crippen LogP contribution in [0.15, 0.2) is 12.1 Å². The fraction of sp³-hybridized carbons (Fsp3) is 0.364. The smallest absolute Gasteiger partial charge is 0.227 e. The van der Waals surface area contributed by atoms with Gasteiger partial charge >= 0.3 is 0 Å². The van der Waals surface area contributed by atoms with Gasteiger partial charge in [0.1, 0.15) is 5.82 Å². The highest BCUT2D eigenvalue weighted by Gasteiger charge is 2.31. The van der Waals surface area contributed by atoms with Crippen LogP contribution in [0.2, 0.25) is 10.0 Å². The van der Waals surface area contributed by atoms with Gasteiger partial charge in [-0.25, -0.2) is 4.39 Å². The maximum Gasteiger partial charge on any atom is 0.227 e. The van der Waals surface area contributed by atoms with Crippen molar-refractivity contribution < 1.29 is 9.18 Å². The first-order valence-electron chi connectivity index (χ1n) is 5.03. The normalized spacial score (nSPS) is 20.1. The first-order valence-corrected chi connectivity index (χ1v) is 6.91. The van der Waals surface area contributed by atoms with Gasteiger partial charge in [-0.2, -0.15) is 0 Å². The molecule has 1 fully saturated rings. The predicted molar refractivity (Wildman–Crippen MR) is 70.7 cm³/mol. The number of halogens is 4. The lowest BCUT2D eigenvalue weighted by atomic mass is 10.2. The predicted octanol–water partition coefficient (Wildman–Crippen LogP) is 3.88. The highest BCUT2D eigenvalue weighted by atomic mass is 79.9. The summed E-state index contributed by atoms with van der Waals surface area (Å²) < 4.78 is 13.4. The number of benzene rings is 1. The highest BCUT2D eigenvalue weighted by Crippen LogP contribution is 2.34. The zero-order chi connectivity index (χ0) is 12.6. The molecule has 6 heteroatoms. The van der Waals surface area contributed by atoms with Gasteiger partial charge < -0.3 is 4.90 Å². The topological polar surface area (TPSA) is 20.3 Å². The second-order valence-corrected chi connectivity index (χ2v) is 5.41. The molecule has 1 aromatic rings. The van der Waals surface area contributed by atoms with Crippen LogP contribution in [0.5, 0.6) is 0 Å². The second kappa shape index (κ2) is 5.12. The van der Waals surface area contributed by atoms with Crippen molar-refractivity contribution in [2.24, 2.45) is 5.92 Å². The van der Waals surface area contributed by atoms with Gasteiger partial charge in [-0.05, 0) is 12.0 Å². The summed E-state index contributed by atoms with van der Waals surface area (Å²) in [5.74, 6) is -0.378. The molecule has 0 N–H and O–H groups in total. The van der Waals surface area contributed by atoms with Crippen LogP contribution in [0.3, 0.4) is 0 Å². The molecule has 0 aliphatic carbocycles. The van der Waals surface area contributed by atoms with Gasteiger partial charge in [-0.3, -0.25) is 4.79 Å². The van der Waals surface area contributed by atoms with Crippen molar-refractivity contribution >= 4 is 50.7 Å². The van der Waals surface area contributed by atoms with Crippen molar-refractivity contribution in [1.82, 2.24) is 0 Å². The molecule has 1 aliphatic heterocycles. The fourth-order valence-electron chi connectivity index (χ4n) is 1.84. The zero-order valence-corrected chi connectivity index (χ0v) is 11.8. The summed E-state index contributed by atoms with van der Waals surface area (Å²) >= 11 is 14.9. The summed E-state index contributed by atoms with van der Waals surface area (Å²) in [5.41, 5.74) is 0.391. The van der Waals surface area contributed by atoms with Crippen LogP contribution in [-0.4, -0.2) is 17.8 Å². The lowest BCUT2D eigenvalue weighted by molar-refractivity contribution is -0.117. The van der Waals surface area contributed by atoms with Crippen molar-refractivity contribution in [1.29, 1.82) is 0 Å². The highest BCUT2D eigenvalue weighted by molar-refractivity contribution is 9.09. The summed E-state index contributed by atoms with van der Waals surface area (Å²) in [7, 11) is 0. The number of hydrogen-bond acceptors (Lipinski definition) is 1. The van der Waals surface area contributed by atoms with Crippen molar-refractivity contribution in [3.63, 3.8) is 0 Å². The van der Waals surface area contributed by atoms with E-state index in [4.69, 9.17) is 23.2 Å². The van der Waals surface area contributed by atoms with E-state index in [1.54, 1.807) is 0 Å². The number of hydrogen-bond donors (Lipinski definition) is 0. The standard InChI is InChI=1S/C11H9BrCl2FNO/c12-4-6-1-11(17)16(5-6)10-3-9(15)7(13)2-8(10)14/h2-3,6H,1,4-5H2. The number of carbonyl (C=O) groups is 1. The lowest BCUT2D eigenvalue weighted by Gasteiger charge is -2.18. The van der Waals surface area contributed by atoms with Crippen molar-refractivity contribution in [2.45, 2.75) is 6.42 Å². The summed E-state index contributed by atoms with van der Waals surface area (Å²) in [5, 5.41) is 0.991. The average molecular weight is 341 g/mol. The fourth-order valence-corrected chi connectivity index (χ4v) is 2.76. The molecule has 1 amide bonds. The largest absolute Gasteiger partial charge is 0.311 e. The van der Waals surface area contributed by atoms with Crippen LogP contribution in [0.25, 0.3) is 0 Å². The zero-order valence-electron chi connectivity index (χ0n) is 8.72. The molecular formula is C11H9BrCl2FNO. The lowest BCUT2D eigenvalue weighted by Crippen LogP contribution is -2.25. The SMILES string of the molecule is O=C1CC(CBr)CN1c1cc(F)c(Cl)cc1Cl. The van der Waals surface area contributed by atoms with E-state index >= 15 is 0 Å². The molecule has 0 spiro atoms. The number of amides is 1. The van der Waals surface area contributed by atoms with Crippen molar-refractivity contribution in [3.05, 3.63) is 28.0 Å². The maximum atomic E-state index is 13.4.